The minimum atomic E-state index is 0.0885. The van der Waals surface area contributed by atoms with Crippen LogP contribution in [0.4, 0.5) is 0 Å². The smallest absolute Gasteiger partial charge is 0.195 e. The molecule has 0 atom stereocenters. The van der Waals surface area contributed by atoms with Gasteiger partial charge in [-0.2, -0.15) is 0 Å². The molecule has 5 rings (SSSR count). The molecule has 0 radical (unpaired) electrons. The van der Waals surface area contributed by atoms with Crippen molar-refractivity contribution >= 4 is 22.5 Å². The normalized spacial score (nSPS) is 16.3. The fraction of sp³-hybridized carbons (Fsp3) is 0.0357. The van der Waals surface area contributed by atoms with Gasteiger partial charge >= 0.3 is 0 Å². The number of rotatable bonds is 4. The lowest BCUT2D eigenvalue weighted by Crippen LogP contribution is -2.03. The molecule has 2 aliphatic carbocycles. The van der Waals surface area contributed by atoms with Gasteiger partial charge in [0.05, 0.1) is 0 Å². The van der Waals surface area contributed by atoms with E-state index in [1.54, 1.807) is 0 Å². The van der Waals surface area contributed by atoms with E-state index in [1.807, 2.05) is 78.9 Å². The van der Waals surface area contributed by atoms with Crippen LogP contribution in [-0.2, 0) is 4.79 Å². The molecule has 1 nitrogen and oxygen atoms in total. The summed E-state index contributed by atoms with van der Waals surface area (Å²) >= 11 is 0. The first kappa shape index (κ1) is 17.4. The second kappa shape index (κ2) is 7.37. The fourth-order valence-corrected chi connectivity index (χ4v) is 4.25. The first-order valence-electron chi connectivity index (χ1n) is 9.89. The predicted octanol–water partition coefficient (Wildman–Crippen LogP) is 6.38. The molecule has 2 aliphatic rings. The van der Waals surface area contributed by atoms with Crippen molar-refractivity contribution in [3.05, 3.63) is 138 Å². The SMILES string of the molecule is O=C1C(c2ccccc2)=C(c2ccccc2)C(C2C=CC=C2)=C1c1ccccc1. The summed E-state index contributed by atoms with van der Waals surface area (Å²) in [5.74, 6) is 0.190. The number of carbonyl (C=O) groups is 1. The van der Waals surface area contributed by atoms with Crippen LogP contribution < -0.4 is 0 Å². The molecule has 3 aromatic rings. The van der Waals surface area contributed by atoms with Gasteiger partial charge in [0.2, 0.25) is 0 Å². The Labute approximate surface area is 171 Å². The lowest BCUT2D eigenvalue weighted by molar-refractivity contribution is -0.108. The van der Waals surface area contributed by atoms with Gasteiger partial charge in [0.25, 0.3) is 0 Å². The van der Waals surface area contributed by atoms with Crippen molar-refractivity contribution in [2.75, 3.05) is 0 Å². The summed E-state index contributed by atoms with van der Waals surface area (Å²) in [7, 11) is 0. The number of carbonyl (C=O) groups excluding carboxylic acids is 1. The molecule has 0 saturated carbocycles. The second-order valence-electron chi connectivity index (χ2n) is 7.26. The lowest BCUT2D eigenvalue weighted by Gasteiger charge is -2.16. The van der Waals surface area contributed by atoms with E-state index in [-0.39, 0.29) is 11.7 Å². The van der Waals surface area contributed by atoms with Gasteiger partial charge in [0, 0.05) is 17.1 Å². The van der Waals surface area contributed by atoms with Gasteiger partial charge in [-0.05, 0) is 27.8 Å². The molecule has 0 fully saturated rings. The molecule has 0 heterocycles. The molecular formula is C28H20O. The number of Topliss-reactive ketones (excluding diaryl/α,β-unsaturated/α-hetero) is 1. The molecule has 0 saturated heterocycles. The third-order valence-electron chi connectivity index (χ3n) is 5.51. The van der Waals surface area contributed by atoms with Crippen LogP contribution >= 0.6 is 0 Å². The Morgan fingerprint density at radius 3 is 1.38 bits per heavy atom. The fourth-order valence-electron chi connectivity index (χ4n) is 4.25. The van der Waals surface area contributed by atoms with E-state index in [4.69, 9.17) is 0 Å². The van der Waals surface area contributed by atoms with Gasteiger partial charge in [-0.15, -0.1) is 0 Å². The van der Waals surface area contributed by atoms with Crippen molar-refractivity contribution in [2.24, 2.45) is 5.92 Å². The Balaban J connectivity index is 1.84. The van der Waals surface area contributed by atoms with E-state index in [0.717, 1.165) is 39.0 Å². The largest absolute Gasteiger partial charge is 0.289 e. The van der Waals surface area contributed by atoms with E-state index in [9.17, 15) is 4.79 Å². The van der Waals surface area contributed by atoms with Crippen LogP contribution in [0.15, 0.2) is 121 Å². The average Bonchev–Trinajstić information content (AvgIpc) is 3.41. The number of ketones is 1. The van der Waals surface area contributed by atoms with Crippen LogP contribution in [0.5, 0.6) is 0 Å². The highest BCUT2D eigenvalue weighted by atomic mass is 16.1. The van der Waals surface area contributed by atoms with E-state index in [1.165, 1.54) is 0 Å². The molecule has 0 spiro atoms. The maximum atomic E-state index is 13.9. The molecular weight excluding hydrogens is 352 g/mol. The average molecular weight is 372 g/mol. The summed E-state index contributed by atoms with van der Waals surface area (Å²) in [5.41, 5.74) is 6.75. The van der Waals surface area contributed by atoms with Crippen molar-refractivity contribution in [1.29, 1.82) is 0 Å². The topological polar surface area (TPSA) is 17.1 Å². The summed E-state index contributed by atoms with van der Waals surface area (Å²) in [4.78, 5) is 13.9. The first-order chi connectivity index (χ1) is 14.3. The van der Waals surface area contributed by atoms with E-state index in [0.29, 0.717) is 0 Å². The minimum Gasteiger partial charge on any atom is -0.289 e. The summed E-state index contributed by atoms with van der Waals surface area (Å²) in [5, 5.41) is 0. The quantitative estimate of drug-likeness (QED) is 0.519. The van der Waals surface area contributed by atoms with Gasteiger partial charge in [-0.25, -0.2) is 0 Å². The van der Waals surface area contributed by atoms with Crippen molar-refractivity contribution in [3.63, 3.8) is 0 Å². The van der Waals surface area contributed by atoms with Gasteiger partial charge in [-0.1, -0.05) is 115 Å². The third-order valence-corrected chi connectivity index (χ3v) is 5.51. The van der Waals surface area contributed by atoms with Gasteiger partial charge < -0.3 is 0 Å². The molecule has 0 bridgehead atoms. The van der Waals surface area contributed by atoms with Crippen LogP contribution in [0.1, 0.15) is 16.7 Å². The molecule has 29 heavy (non-hydrogen) atoms. The number of benzene rings is 3. The molecule has 0 unspecified atom stereocenters. The van der Waals surface area contributed by atoms with E-state index < -0.39 is 0 Å². The highest BCUT2D eigenvalue weighted by Gasteiger charge is 2.36. The zero-order valence-corrected chi connectivity index (χ0v) is 16.0. The molecule has 0 aromatic heterocycles. The zero-order valence-electron chi connectivity index (χ0n) is 16.0. The Hall–Kier alpha value is -3.71. The monoisotopic (exact) mass is 372 g/mol. The van der Waals surface area contributed by atoms with Crippen molar-refractivity contribution in [1.82, 2.24) is 0 Å². The Bertz CT molecular complexity index is 1160. The van der Waals surface area contributed by atoms with Gasteiger partial charge in [0.15, 0.2) is 5.78 Å². The highest BCUT2D eigenvalue weighted by molar-refractivity contribution is 6.52. The van der Waals surface area contributed by atoms with Gasteiger partial charge in [0.1, 0.15) is 0 Å². The molecule has 138 valence electrons. The zero-order chi connectivity index (χ0) is 19.6. The van der Waals surface area contributed by atoms with Crippen molar-refractivity contribution in [3.8, 4) is 0 Å². The minimum absolute atomic E-state index is 0.0885. The van der Waals surface area contributed by atoms with Crippen LogP contribution in [0, 0.1) is 5.92 Å². The standard InChI is InChI=1S/C28H20O/c29-28-26(22-14-6-2-7-15-22)24(20-12-4-1-5-13-20)25(21-18-10-11-19-21)27(28)23-16-8-3-9-17-23/h1-19,21H. The van der Waals surface area contributed by atoms with Crippen LogP contribution in [0.2, 0.25) is 0 Å². The Morgan fingerprint density at radius 2 is 0.897 bits per heavy atom. The molecule has 1 heteroatoms. The predicted molar refractivity (Wildman–Crippen MR) is 120 cm³/mol. The summed E-state index contributed by atoms with van der Waals surface area (Å²) in [6.45, 7) is 0. The third kappa shape index (κ3) is 3.01. The summed E-state index contributed by atoms with van der Waals surface area (Å²) in [6.07, 6.45) is 8.46. The maximum absolute atomic E-state index is 13.9. The molecule has 0 aliphatic heterocycles. The lowest BCUT2D eigenvalue weighted by atomic mass is 9.86. The van der Waals surface area contributed by atoms with Crippen LogP contribution in [0.25, 0.3) is 16.7 Å². The van der Waals surface area contributed by atoms with E-state index in [2.05, 4.69) is 36.4 Å². The number of allylic oxidation sites excluding steroid dienone is 8. The van der Waals surface area contributed by atoms with Crippen LogP contribution in [0.3, 0.4) is 0 Å². The molecule has 3 aromatic carbocycles. The Morgan fingerprint density at radius 1 is 0.483 bits per heavy atom. The summed E-state index contributed by atoms with van der Waals surface area (Å²) < 4.78 is 0. The number of hydrogen-bond acceptors (Lipinski definition) is 1. The second-order valence-corrected chi connectivity index (χ2v) is 7.26. The first-order valence-corrected chi connectivity index (χ1v) is 9.89. The van der Waals surface area contributed by atoms with Crippen LogP contribution in [-0.4, -0.2) is 5.78 Å². The maximum Gasteiger partial charge on any atom is 0.195 e. The Kier molecular flexibility index (Phi) is 4.42. The van der Waals surface area contributed by atoms with Crippen molar-refractivity contribution < 1.29 is 4.79 Å². The van der Waals surface area contributed by atoms with Crippen molar-refractivity contribution in [2.45, 2.75) is 0 Å². The molecule has 0 amide bonds. The van der Waals surface area contributed by atoms with Gasteiger partial charge in [-0.3, -0.25) is 4.79 Å². The molecule has 0 N–H and O–H groups in total. The summed E-state index contributed by atoms with van der Waals surface area (Å²) in [6, 6.07) is 30.4. The highest BCUT2D eigenvalue weighted by Crippen LogP contribution is 2.49. The van der Waals surface area contributed by atoms with E-state index >= 15 is 0 Å². The number of hydrogen-bond donors (Lipinski definition) is 0.